The molecule has 0 unspecified atom stereocenters. The normalized spacial score (nSPS) is 10.7. The van der Waals surface area contributed by atoms with E-state index in [1.807, 2.05) is 0 Å². The van der Waals surface area contributed by atoms with Crippen LogP contribution in [-0.2, 0) is 6.61 Å². The van der Waals surface area contributed by atoms with Gasteiger partial charge in [0.05, 0.1) is 17.5 Å². The molecule has 0 fully saturated rings. The second kappa shape index (κ2) is 5.24. The van der Waals surface area contributed by atoms with Crippen LogP contribution in [0.3, 0.4) is 0 Å². The Labute approximate surface area is 119 Å². The second-order valence-corrected chi connectivity index (χ2v) is 4.44. The minimum Gasteiger partial charge on any atom is -0.487 e. The maximum Gasteiger partial charge on any atom is 0.335 e. The summed E-state index contributed by atoms with van der Waals surface area (Å²) in [6.07, 6.45) is 3.22. The fourth-order valence-corrected chi connectivity index (χ4v) is 1.99. The van der Waals surface area contributed by atoms with Crippen LogP contribution in [0.5, 0.6) is 5.75 Å². The van der Waals surface area contributed by atoms with E-state index in [4.69, 9.17) is 9.84 Å². The minimum atomic E-state index is -1.00. The van der Waals surface area contributed by atoms with Gasteiger partial charge in [-0.2, -0.15) is 0 Å². The third kappa shape index (κ3) is 2.69. The topological polar surface area (TPSA) is 63.8 Å². The molecular weight excluding hydrogens is 275 g/mol. The number of fused-ring (bicyclic) bond motifs is 1. The monoisotopic (exact) mass is 286 g/mol. The smallest absolute Gasteiger partial charge is 0.335 e. The van der Waals surface area contributed by atoms with E-state index in [2.05, 4.69) is 4.98 Å². The molecule has 0 aliphatic heterocycles. The molecule has 106 valence electrons. The maximum atomic E-state index is 13.1. The van der Waals surface area contributed by atoms with Gasteiger partial charge in [0.25, 0.3) is 0 Å². The zero-order valence-electron chi connectivity index (χ0n) is 10.9. The first-order valence-electron chi connectivity index (χ1n) is 6.21. The molecule has 0 aliphatic rings. The number of hydrogen-bond donors (Lipinski definition) is 1. The zero-order valence-corrected chi connectivity index (χ0v) is 10.9. The van der Waals surface area contributed by atoms with Crippen molar-refractivity contribution in [2.45, 2.75) is 6.61 Å². The first kappa shape index (κ1) is 13.1. The van der Waals surface area contributed by atoms with E-state index in [1.54, 1.807) is 28.9 Å². The number of aromatic nitrogens is 2. The number of hydrogen-bond acceptors (Lipinski definition) is 3. The summed E-state index contributed by atoms with van der Waals surface area (Å²) >= 11 is 0. The lowest BCUT2D eigenvalue weighted by atomic mass is 10.3. The first-order chi connectivity index (χ1) is 10.1. The van der Waals surface area contributed by atoms with Gasteiger partial charge in [-0.05, 0) is 24.3 Å². The van der Waals surface area contributed by atoms with Gasteiger partial charge in [-0.3, -0.25) is 0 Å². The van der Waals surface area contributed by atoms with Crippen LogP contribution in [0.4, 0.5) is 4.39 Å². The highest BCUT2D eigenvalue weighted by Gasteiger charge is 2.08. The lowest BCUT2D eigenvalue weighted by Crippen LogP contribution is -2.02. The molecule has 5 nitrogen and oxygen atoms in total. The summed E-state index contributed by atoms with van der Waals surface area (Å²) in [4.78, 5) is 15.0. The molecule has 2 aromatic heterocycles. The number of pyridine rings is 1. The van der Waals surface area contributed by atoms with Gasteiger partial charge in [-0.15, -0.1) is 0 Å². The number of carboxylic acid groups (broad SMARTS) is 1. The molecule has 2 heterocycles. The quantitative estimate of drug-likeness (QED) is 0.801. The number of carboxylic acids is 1. The van der Waals surface area contributed by atoms with Crippen LogP contribution in [0, 0.1) is 5.82 Å². The van der Waals surface area contributed by atoms with Crippen molar-refractivity contribution in [3.8, 4) is 5.75 Å². The van der Waals surface area contributed by atoms with E-state index in [-0.39, 0.29) is 18.0 Å². The van der Waals surface area contributed by atoms with Crippen LogP contribution >= 0.6 is 0 Å². The van der Waals surface area contributed by atoms with E-state index in [1.165, 1.54) is 24.3 Å². The van der Waals surface area contributed by atoms with Gasteiger partial charge in [0.15, 0.2) is 0 Å². The summed E-state index contributed by atoms with van der Waals surface area (Å²) in [6.45, 7) is 0.205. The highest BCUT2D eigenvalue weighted by Crippen LogP contribution is 2.15. The molecule has 0 amide bonds. The van der Waals surface area contributed by atoms with Crippen molar-refractivity contribution in [1.82, 2.24) is 9.38 Å². The summed E-state index contributed by atoms with van der Waals surface area (Å²) in [6, 6.07) is 8.84. The predicted octanol–water partition coefficient (Wildman–Crippen LogP) is 2.75. The molecule has 3 rings (SSSR count). The van der Waals surface area contributed by atoms with Gasteiger partial charge in [0.2, 0.25) is 0 Å². The Balaban J connectivity index is 1.83. The molecule has 0 radical (unpaired) electrons. The van der Waals surface area contributed by atoms with Crippen molar-refractivity contribution in [2.75, 3.05) is 0 Å². The van der Waals surface area contributed by atoms with Crippen LogP contribution in [0.25, 0.3) is 5.65 Å². The van der Waals surface area contributed by atoms with Gasteiger partial charge in [0.1, 0.15) is 23.8 Å². The Kier molecular flexibility index (Phi) is 3.27. The van der Waals surface area contributed by atoms with E-state index in [0.29, 0.717) is 11.4 Å². The average Bonchev–Trinajstić information content (AvgIpc) is 2.87. The minimum absolute atomic E-state index is 0.172. The van der Waals surface area contributed by atoms with Crippen LogP contribution in [-0.4, -0.2) is 20.5 Å². The average molecular weight is 286 g/mol. The molecule has 0 aliphatic carbocycles. The molecule has 0 saturated carbocycles. The fourth-order valence-electron chi connectivity index (χ4n) is 1.99. The van der Waals surface area contributed by atoms with E-state index < -0.39 is 5.97 Å². The predicted molar refractivity (Wildman–Crippen MR) is 72.9 cm³/mol. The lowest BCUT2D eigenvalue weighted by molar-refractivity contribution is 0.0697. The fraction of sp³-hybridized carbons (Fsp3) is 0.0667. The Morgan fingerprint density at radius 3 is 2.95 bits per heavy atom. The number of imidazole rings is 1. The van der Waals surface area contributed by atoms with Crippen molar-refractivity contribution >= 4 is 11.6 Å². The summed E-state index contributed by atoms with van der Waals surface area (Å²) in [7, 11) is 0. The molecule has 0 saturated heterocycles. The summed E-state index contributed by atoms with van der Waals surface area (Å²) in [5, 5.41) is 8.93. The van der Waals surface area contributed by atoms with Crippen LogP contribution in [0.2, 0.25) is 0 Å². The van der Waals surface area contributed by atoms with Gasteiger partial charge in [-0.25, -0.2) is 14.2 Å². The third-order valence-corrected chi connectivity index (χ3v) is 3.02. The lowest BCUT2D eigenvalue weighted by Gasteiger charge is -2.06. The summed E-state index contributed by atoms with van der Waals surface area (Å²) < 4.78 is 20.3. The van der Waals surface area contributed by atoms with E-state index >= 15 is 0 Å². The number of benzene rings is 1. The number of halogens is 1. The number of carbonyl (C=O) groups is 1. The molecule has 0 spiro atoms. The zero-order chi connectivity index (χ0) is 14.8. The van der Waals surface area contributed by atoms with Crippen molar-refractivity contribution in [3.63, 3.8) is 0 Å². The van der Waals surface area contributed by atoms with E-state index in [9.17, 15) is 9.18 Å². The molecule has 0 atom stereocenters. The van der Waals surface area contributed by atoms with Gasteiger partial charge in [0, 0.05) is 12.3 Å². The SMILES string of the molecule is O=C(O)c1ccn2c(COc3cccc(F)c3)cnc2c1. The van der Waals surface area contributed by atoms with E-state index in [0.717, 1.165) is 5.69 Å². The molecule has 6 heteroatoms. The largest absolute Gasteiger partial charge is 0.487 e. The Morgan fingerprint density at radius 2 is 2.19 bits per heavy atom. The first-order valence-corrected chi connectivity index (χ1v) is 6.21. The summed E-state index contributed by atoms with van der Waals surface area (Å²) in [5.74, 6) is -0.943. The Morgan fingerprint density at radius 1 is 1.33 bits per heavy atom. The second-order valence-electron chi connectivity index (χ2n) is 4.44. The van der Waals surface area contributed by atoms with Gasteiger partial charge < -0.3 is 14.2 Å². The number of aromatic carboxylic acids is 1. The van der Waals surface area contributed by atoms with Crippen LogP contribution < -0.4 is 4.74 Å². The molecular formula is C15H11FN2O3. The highest BCUT2D eigenvalue weighted by atomic mass is 19.1. The molecule has 1 aromatic carbocycles. The number of ether oxygens (including phenoxy) is 1. The standard InChI is InChI=1S/C15H11FN2O3/c16-11-2-1-3-13(7-11)21-9-12-8-17-14-6-10(15(19)20)4-5-18(12)14/h1-8H,9H2,(H,19,20). The maximum absolute atomic E-state index is 13.1. The molecule has 1 N–H and O–H groups in total. The molecule has 21 heavy (non-hydrogen) atoms. The third-order valence-electron chi connectivity index (χ3n) is 3.02. The van der Waals surface area contributed by atoms with Crippen molar-refractivity contribution in [2.24, 2.45) is 0 Å². The van der Waals surface area contributed by atoms with Gasteiger partial charge in [-0.1, -0.05) is 6.07 Å². The van der Waals surface area contributed by atoms with Crippen LogP contribution in [0.1, 0.15) is 16.1 Å². The van der Waals surface area contributed by atoms with Gasteiger partial charge >= 0.3 is 5.97 Å². The Bertz CT molecular complexity index is 814. The van der Waals surface area contributed by atoms with Crippen molar-refractivity contribution in [1.29, 1.82) is 0 Å². The molecule has 3 aromatic rings. The van der Waals surface area contributed by atoms with Crippen molar-refractivity contribution < 1.29 is 19.0 Å². The number of rotatable bonds is 4. The highest BCUT2D eigenvalue weighted by molar-refractivity contribution is 5.88. The van der Waals surface area contributed by atoms with Crippen molar-refractivity contribution in [3.05, 3.63) is 65.9 Å². The van der Waals surface area contributed by atoms with Crippen LogP contribution in [0.15, 0.2) is 48.8 Å². The Hall–Kier alpha value is -2.89. The number of nitrogens with zero attached hydrogens (tertiary/aromatic N) is 2. The summed E-state index contributed by atoms with van der Waals surface area (Å²) in [5.41, 5.74) is 1.43. The molecule has 0 bridgehead atoms.